The molecule has 2 unspecified atom stereocenters. The number of allylic oxidation sites excluding steroid dienone is 4. The van der Waals surface area contributed by atoms with Crippen LogP contribution in [0.5, 0.6) is 0 Å². The van der Waals surface area contributed by atoms with Crippen molar-refractivity contribution in [2.45, 2.75) is 212 Å². The molecule has 0 rings (SSSR count). The minimum atomic E-state index is -4.31. The first-order chi connectivity index (χ1) is 22.3. The summed E-state index contributed by atoms with van der Waals surface area (Å²) in [6, 6.07) is -0.975. The van der Waals surface area contributed by atoms with Gasteiger partial charge >= 0.3 is 0 Å². The van der Waals surface area contributed by atoms with Gasteiger partial charge in [0.25, 0.3) is 10.1 Å². The van der Waals surface area contributed by atoms with E-state index in [4.69, 9.17) is 0 Å². The lowest BCUT2D eigenvalue weighted by Gasteiger charge is -2.23. The van der Waals surface area contributed by atoms with Crippen molar-refractivity contribution in [3.63, 3.8) is 0 Å². The fourth-order valence-corrected chi connectivity index (χ4v) is 6.71. The van der Waals surface area contributed by atoms with Gasteiger partial charge in [0.15, 0.2) is 0 Å². The lowest BCUT2D eigenvalue weighted by atomic mass is 10.0. The fraction of sp³-hybridized carbons (Fsp3) is 0.872. The Morgan fingerprint density at radius 1 is 0.587 bits per heavy atom. The van der Waals surface area contributed by atoms with Gasteiger partial charge in [-0.15, -0.1) is 0 Å². The number of hydrogen-bond donors (Lipinski definition) is 3. The maximum absolute atomic E-state index is 12.5. The van der Waals surface area contributed by atoms with Gasteiger partial charge < -0.3 is 10.4 Å². The van der Waals surface area contributed by atoms with Crippen LogP contribution in [-0.2, 0) is 14.9 Å². The van der Waals surface area contributed by atoms with Crippen LogP contribution in [0, 0.1) is 0 Å². The summed E-state index contributed by atoms with van der Waals surface area (Å²) in [6.07, 6.45) is 41.2. The Morgan fingerprint density at radius 3 is 1.43 bits per heavy atom. The van der Waals surface area contributed by atoms with Gasteiger partial charge in [0.2, 0.25) is 5.91 Å². The second-order valence-corrected chi connectivity index (χ2v) is 15.1. The molecule has 2 atom stereocenters. The number of rotatable bonds is 35. The van der Waals surface area contributed by atoms with E-state index in [-0.39, 0.29) is 5.91 Å². The Balaban J connectivity index is 3.92. The molecule has 46 heavy (non-hydrogen) atoms. The summed E-state index contributed by atoms with van der Waals surface area (Å²) in [6.45, 7) is 4.50. The molecule has 1 amide bonds. The molecule has 272 valence electrons. The smallest absolute Gasteiger partial charge is 0.266 e. The zero-order valence-corrected chi connectivity index (χ0v) is 31.0. The first kappa shape index (κ1) is 44.8. The van der Waals surface area contributed by atoms with E-state index >= 15 is 0 Å². The number of hydrogen-bond acceptors (Lipinski definition) is 4. The number of aliphatic hydroxyl groups is 1. The quantitative estimate of drug-likeness (QED) is 0.0354. The Hall–Kier alpha value is -1.18. The molecule has 0 spiro atoms. The molecule has 0 heterocycles. The number of carbonyl (C=O) groups excluding carboxylic acids is 1. The van der Waals surface area contributed by atoms with Crippen molar-refractivity contribution < 1.29 is 22.9 Å². The first-order valence-corrected chi connectivity index (χ1v) is 21.1. The summed E-state index contributed by atoms with van der Waals surface area (Å²) in [5.74, 6) is -0.911. The van der Waals surface area contributed by atoms with Crippen molar-refractivity contribution in [1.82, 2.24) is 5.32 Å². The summed E-state index contributed by atoms with van der Waals surface area (Å²) < 4.78 is 32.5. The van der Waals surface area contributed by atoms with Crippen molar-refractivity contribution in [3.05, 3.63) is 24.3 Å². The van der Waals surface area contributed by atoms with Gasteiger partial charge in [-0.25, -0.2) is 0 Å². The Morgan fingerprint density at radius 2 is 0.978 bits per heavy atom. The van der Waals surface area contributed by atoms with Gasteiger partial charge in [0.05, 0.1) is 17.9 Å². The number of unbranched alkanes of at least 4 members (excludes halogenated alkanes) is 23. The maximum Gasteiger partial charge on any atom is 0.266 e. The van der Waals surface area contributed by atoms with Crippen molar-refractivity contribution in [3.8, 4) is 0 Å². The molecule has 0 saturated carbocycles. The average molecular weight is 670 g/mol. The number of aliphatic hydroxyl groups excluding tert-OH is 1. The van der Waals surface area contributed by atoms with E-state index in [9.17, 15) is 22.9 Å². The molecule has 0 saturated heterocycles. The molecule has 0 aliphatic heterocycles. The summed E-state index contributed by atoms with van der Waals surface area (Å²) in [7, 11) is -4.31. The highest BCUT2D eigenvalue weighted by molar-refractivity contribution is 7.85. The number of carbonyl (C=O) groups is 1. The van der Waals surface area contributed by atoms with Crippen molar-refractivity contribution >= 4 is 16.0 Å². The molecule has 0 aliphatic carbocycles. The molecule has 0 fully saturated rings. The highest BCUT2D eigenvalue weighted by atomic mass is 32.2. The second kappa shape index (κ2) is 33.7. The average Bonchev–Trinajstić information content (AvgIpc) is 3.01. The molecule has 0 aromatic heterocycles. The van der Waals surface area contributed by atoms with Gasteiger partial charge in [-0.05, 0) is 44.9 Å². The van der Waals surface area contributed by atoms with E-state index in [1.165, 1.54) is 109 Å². The van der Waals surface area contributed by atoms with Gasteiger partial charge in [0, 0.05) is 6.42 Å². The minimum absolute atomic E-state index is 0.259. The normalized spacial score (nSPS) is 13.6. The summed E-state index contributed by atoms with van der Waals surface area (Å²) in [5, 5.41) is 13.3. The molecule has 0 aromatic rings. The lowest BCUT2D eigenvalue weighted by Crippen LogP contribution is -2.47. The lowest BCUT2D eigenvalue weighted by molar-refractivity contribution is -0.122. The summed E-state index contributed by atoms with van der Waals surface area (Å²) in [5.41, 5.74) is 0. The van der Waals surface area contributed by atoms with Crippen molar-refractivity contribution in [2.24, 2.45) is 0 Å². The predicted octanol–water partition coefficient (Wildman–Crippen LogP) is 11.2. The van der Waals surface area contributed by atoms with Gasteiger partial charge in [-0.1, -0.05) is 173 Å². The molecule has 0 bridgehead atoms. The minimum Gasteiger partial charge on any atom is -0.391 e. The molecule has 7 heteroatoms. The third kappa shape index (κ3) is 34.2. The van der Waals surface area contributed by atoms with E-state index in [0.29, 0.717) is 12.8 Å². The Kier molecular flexibility index (Phi) is 32.8. The van der Waals surface area contributed by atoms with E-state index in [0.717, 1.165) is 64.2 Å². The van der Waals surface area contributed by atoms with Crippen LogP contribution in [0.3, 0.4) is 0 Å². The van der Waals surface area contributed by atoms with Gasteiger partial charge in [0.1, 0.15) is 0 Å². The monoisotopic (exact) mass is 670 g/mol. The van der Waals surface area contributed by atoms with E-state index in [2.05, 4.69) is 43.5 Å². The van der Waals surface area contributed by atoms with E-state index in [1.807, 2.05) is 0 Å². The molecular weight excluding hydrogens is 594 g/mol. The van der Waals surface area contributed by atoms with Crippen LogP contribution in [-0.4, -0.2) is 41.9 Å². The summed E-state index contributed by atoms with van der Waals surface area (Å²) >= 11 is 0. The topological polar surface area (TPSA) is 104 Å². The summed E-state index contributed by atoms with van der Waals surface area (Å²) in [4.78, 5) is 12.5. The molecule has 3 N–H and O–H groups in total. The van der Waals surface area contributed by atoms with E-state index < -0.39 is 28.0 Å². The molecule has 0 aliphatic rings. The Labute approximate surface area is 285 Å². The van der Waals surface area contributed by atoms with E-state index in [1.54, 1.807) is 0 Å². The van der Waals surface area contributed by atoms with Crippen LogP contribution < -0.4 is 5.32 Å². The van der Waals surface area contributed by atoms with Crippen molar-refractivity contribution in [1.29, 1.82) is 0 Å². The first-order valence-electron chi connectivity index (χ1n) is 19.5. The highest BCUT2D eigenvalue weighted by Crippen LogP contribution is 2.15. The second-order valence-electron chi connectivity index (χ2n) is 13.6. The zero-order chi connectivity index (χ0) is 34.0. The third-order valence-corrected chi connectivity index (χ3v) is 9.69. The van der Waals surface area contributed by atoms with Crippen LogP contribution in [0.15, 0.2) is 24.3 Å². The van der Waals surface area contributed by atoms with Crippen molar-refractivity contribution in [2.75, 3.05) is 5.75 Å². The van der Waals surface area contributed by atoms with Gasteiger partial charge in [-0.2, -0.15) is 8.42 Å². The zero-order valence-electron chi connectivity index (χ0n) is 30.2. The largest absolute Gasteiger partial charge is 0.391 e. The predicted molar refractivity (Wildman–Crippen MR) is 198 cm³/mol. The third-order valence-electron chi connectivity index (χ3n) is 8.91. The Bertz CT molecular complexity index is 826. The SMILES string of the molecule is CCCCCC/C=C\C/C=C\CCCCCCCC(=O)NC(CS(=O)(=O)O)C(O)CCCCCCCCCCCCCCCCC. The molecular formula is C39H75NO5S. The van der Waals surface area contributed by atoms with Crippen LogP contribution >= 0.6 is 0 Å². The number of nitrogens with one attached hydrogen (secondary N) is 1. The fourth-order valence-electron chi connectivity index (χ4n) is 5.95. The number of amides is 1. The standard InChI is InChI=1S/C39H75NO5S/c1-3-5-7-9-11-13-15-17-19-21-23-25-27-29-31-33-35-39(42)40-37(36-46(43,44)45)38(41)34-32-30-28-26-24-22-20-18-16-14-12-10-8-6-4-2/h13,15,19,21,37-38,41H,3-12,14,16-18,20,22-36H2,1-2H3,(H,40,42)(H,43,44,45)/b15-13-,21-19-. The molecule has 0 aromatic carbocycles. The van der Waals surface area contributed by atoms with Crippen LogP contribution in [0.25, 0.3) is 0 Å². The van der Waals surface area contributed by atoms with Crippen LogP contribution in [0.4, 0.5) is 0 Å². The van der Waals surface area contributed by atoms with Crippen LogP contribution in [0.2, 0.25) is 0 Å². The highest BCUT2D eigenvalue weighted by Gasteiger charge is 2.26. The van der Waals surface area contributed by atoms with Gasteiger partial charge in [-0.3, -0.25) is 9.35 Å². The molecule has 0 radical (unpaired) electrons. The van der Waals surface area contributed by atoms with Crippen LogP contribution in [0.1, 0.15) is 200 Å². The molecule has 6 nitrogen and oxygen atoms in total. The maximum atomic E-state index is 12.5.